The van der Waals surface area contributed by atoms with Crippen molar-refractivity contribution in [3.8, 4) is 0 Å². The summed E-state index contributed by atoms with van der Waals surface area (Å²) < 4.78 is 5.07. The zero-order valence-electron chi connectivity index (χ0n) is 11.8. The highest BCUT2D eigenvalue weighted by Crippen LogP contribution is 2.27. The summed E-state index contributed by atoms with van der Waals surface area (Å²) in [6.45, 7) is 6.19. The lowest BCUT2D eigenvalue weighted by Crippen LogP contribution is -2.33. The van der Waals surface area contributed by atoms with Crippen LogP contribution in [0.4, 0.5) is 0 Å². The molecule has 6 nitrogen and oxygen atoms in total. The van der Waals surface area contributed by atoms with Crippen molar-refractivity contribution in [1.82, 2.24) is 10.1 Å². The van der Waals surface area contributed by atoms with Gasteiger partial charge in [0.05, 0.1) is 17.5 Å². The Morgan fingerprint density at radius 2 is 2.10 bits per heavy atom. The Labute approximate surface area is 123 Å². The summed E-state index contributed by atoms with van der Waals surface area (Å²) >= 11 is 0. The first-order chi connectivity index (χ1) is 8.91. The van der Waals surface area contributed by atoms with Crippen LogP contribution in [0.15, 0.2) is 4.52 Å². The molecule has 2 rings (SSSR count). The van der Waals surface area contributed by atoms with Crippen LogP contribution in [0.25, 0.3) is 0 Å². The summed E-state index contributed by atoms with van der Waals surface area (Å²) in [6.07, 6.45) is 0.523. The van der Waals surface area contributed by atoms with E-state index in [0.717, 1.165) is 5.56 Å². The maximum absolute atomic E-state index is 12.4. The number of rotatable bonds is 3. The molecule has 1 saturated heterocycles. The van der Waals surface area contributed by atoms with Crippen molar-refractivity contribution in [3.63, 3.8) is 0 Å². The number of likely N-dealkylation sites (tertiary alicyclic amines) is 1. The molecule has 2 unspecified atom stereocenters. The zero-order valence-corrected chi connectivity index (χ0v) is 12.6. The molecule has 0 saturated carbocycles. The predicted octanol–water partition coefficient (Wildman–Crippen LogP) is 1.75. The number of aliphatic carboxylic acids is 1. The number of halogens is 1. The molecular formula is C13H19ClN2O4. The van der Waals surface area contributed by atoms with Crippen molar-refractivity contribution < 1.29 is 19.2 Å². The van der Waals surface area contributed by atoms with Crippen LogP contribution in [0.3, 0.4) is 0 Å². The molecule has 1 aliphatic heterocycles. The minimum Gasteiger partial charge on any atom is -0.481 e. The molecule has 1 aromatic heterocycles. The molecule has 0 radical (unpaired) electrons. The van der Waals surface area contributed by atoms with Crippen molar-refractivity contribution in [2.45, 2.75) is 33.1 Å². The Kier molecular flexibility index (Phi) is 5.16. The largest absolute Gasteiger partial charge is 0.481 e. The maximum atomic E-state index is 12.4. The molecule has 1 aliphatic rings. The SMILES string of the molecule is Cc1noc(C)c1C(C)C(=O)N1CCC(C(=O)O)C1.Cl. The van der Waals surface area contributed by atoms with Gasteiger partial charge in [-0.1, -0.05) is 5.16 Å². The molecule has 1 fully saturated rings. The van der Waals surface area contributed by atoms with E-state index >= 15 is 0 Å². The Morgan fingerprint density at radius 1 is 1.45 bits per heavy atom. The van der Waals surface area contributed by atoms with E-state index in [4.69, 9.17) is 9.63 Å². The number of amides is 1. The van der Waals surface area contributed by atoms with Crippen molar-refractivity contribution in [1.29, 1.82) is 0 Å². The second-order valence-electron chi connectivity index (χ2n) is 5.07. The Morgan fingerprint density at radius 3 is 2.55 bits per heavy atom. The van der Waals surface area contributed by atoms with Crippen molar-refractivity contribution in [3.05, 3.63) is 17.0 Å². The molecule has 20 heavy (non-hydrogen) atoms. The molecule has 1 amide bonds. The highest BCUT2D eigenvalue weighted by molar-refractivity contribution is 5.85. The summed E-state index contributed by atoms with van der Waals surface area (Å²) in [5.41, 5.74) is 1.52. The van der Waals surface area contributed by atoms with Gasteiger partial charge in [0, 0.05) is 18.7 Å². The minimum atomic E-state index is -0.833. The quantitative estimate of drug-likeness (QED) is 0.919. The Hall–Kier alpha value is -1.56. The van der Waals surface area contributed by atoms with Gasteiger partial charge in [-0.15, -0.1) is 12.4 Å². The number of hydrogen-bond donors (Lipinski definition) is 1. The van der Waals surface area contributed by atoms with Gasteiger partial charge in [0.15, 0.2) is 0 Å². The molecule has 0 spiro atoms. The number of nitrogens with zero attached hydrogens (tertiary/aromatic N) is 2. The third-order valence-electron chi connectivity index (χ3n) is 3.74. The van der Waals surface area contributed by atoms with Crippen LogP contribution >= 0.6 is 12.4 Å². The first kappa shape index (κ1) is 16.5. The van der Waals surface area contributed by atoms with Gasteiger partial charge in [0.25, 0.3) is 0 Å². The third kappa shape index (κ3) is 2.95. The molecule has 0 aromatic carbocycles. The third-order valence-corrected chi connectivity index (χ3v) is 3.74. The smallest absolute Gasteiger partial charge is 0.308 e. The second kappa shape index (κ2) is 6.26. The fraction of sp³-hybridized carbons (Fsp3) is 0.615. The van der Waals surface area contributed by atoms with Crippen LogP contribution < -0.4 is 0 Å². The van der Waals surface area contributed by atoms with E-state index in [1.165, 1.54) is 0 Å². The standard InChI is InChI=1S/C13H18N2O4.ClH/c1-7(11-8(2)14-19-9(11)3)12(16)15-5-4-10(6-15)13(17)18;/h7,10H,4-6H2,1-3H3,(H,17,18);1H. The van der Waals surface area contributed by atoms with Crippen molar-refractivity contribution >= 4 is 24.3 Å². The van der Waals surface area contributed by atoms with Gasteiger partial charge >= 0.3 is 5.97 Å². The summed E-state index contributed by atoms with van der Waals surface area (Å²) in [5, 5.41) is 12.8. The van der Waals surface area contributed by atoms with Crippen LogP contribution in [0.1, 0.15) is 36.3 Å². The molecular weight excluding hydrogens is 284 g/mol. The molecule has 1 aromatic rings. The van der Waals surface area contributed by atoms with Crippen LogP contribution in [-0.2, 0) is 9.59 Å². The molecule has 2 heterocycles. The van der Waals surface area contributed by atoms with Crippen LogP contribution in [0, 0.1) is 19.8 Å². The number of carbonyl (C=O) groups excluding carboxylic acids is 1. The maximum Gasteiger partial charge on any atom is 0.308 e. The zero-order chi connectivity index (χ0) is 14.2. The lowest BCUT2D eigenvalue weighted by molar-refractivity contribution is -0.141. The lowest BCUT2D eigenvalue weighted by atomic mass is 9.98. The predicted molar refractivity (Wildman–Crippen MR) is 74.0 cm³/mol. The fourth-order valence-corrected chi connectivity index (χ4v) is 2.67. The van der Waals surface area contributed by atoms with Gasteiger partial charge in [0.1, 0.15) is 5.76 Å². The Balaban J connectivity index is 0.00000200. The number of carbonyl (C=O) groups is 2. The number of carboxylic acid groups (broad SMARTS) is 1. The fourth-order valence-electron chi connectivity index (χ4n) is 2.67. The molecule has 112 valence electrons. The monoisotopic (exact) mass is 302 g/mol. The molecule has 1 N–H and O–H groups in total. The van der Waals surface area contributed by atoms with E-state index in [2.05, 4.69) is 5.16 Å². The van der Waals surface area contributed by atoms with Gasteiger partial charge in [0.2, 0.25) is 5.91 Å². The molecule has 7 heteroatoms. The topological polar surface area (TPSA) is 83.6 Å². The first-order valence-corrected chi connectivity index (χ1v) is 6.36. The van der Waals surface area contributed by atoms with E-state index in [-0.39, 0.29) is 24.2 Å². The number of aromatic nitrogens is 1. The average molecular weight is 303 g/mol. The van der Waals surface area contributed by atoms with E-state index in [0.29, 0.717) is 31.0 Å². The molecule has 0 aliphatic carbocycles. The van der Waals surface area contributed by atoms with Crippen molar-refractivity contribution in [2.24, 2.45) is 5.92 Å². The van der Waals surface area contributed by atoms with Crippen LogP contribution in [0.2, 0.25) is 0 Å². The highest BCUT2D eigenvalue weighted by atomic mass is 35.5. The van der Waals surface area contributed by atoms with Gasteiger partial charge < -0.3 is 14.5 Å². The second-order valence-corrected chi connectivity index (χ2v) is 5.07. The van der Waals surface area contributed by atoms with Gasteiger partial charge in [-0.25, -0.2) is 0 Å². The number of aryl methyl sites for hydroxylation is 2. The van der Waals surface area contributed by atoms with E-state index < -0.39 is 11.9 Å². The Bertz CT molecular complexity index is 495. The summed E-state index contributed by atoms with van der Waals surface area (Å²) in [5.74, 6) is -1.04. The van der Waals surface area contributed by atoms with E-state index in [1.807, 2.05) is 6.92 Å². The first-order valence-electron chi connectivity index (χ1n) is 6.36. The molecule has 2 atom stereocenters. The highest BCUT2D eigenvalue weighted by Gasteiger charge is 2.34. The lowest BCUT2D eigenvalue weighted by Gasteiger charge is -2.20. The van der Waals surface area contributed by atoms with E-state index in [9.17, 15) is 9.59 Å². The van der Waals surface area contributed by atoms with Crippen LogP contribution in [-0.4, -0.2) is 40.1 Å². The van der Waals surface area contributed by atoms with E-state index in [1.54, 1.807) is 18.7 Å². The average Bonchev–Trinajstić information content (AvgIpc) is 2.95. The van der Waals surface area contributed by atoms with Crippen LogP contribution in [0.5, 0.6) is 0 Å². The van der Waals surface area contributed by atoms with Gasteiger partial charge in [-0.2, -0.15) is 0 Å². The van der Waals surface area contributed by atoms with Gasteiger partial charge in [-0.3, -0.25) is 9.59 Å². The normalized spacial score (nSPS) is 19.6. The number of carboxylic acids is 1. The summed E-state index contributed by atoms with van der Waals surface area (Å²) in [6, 6.07) is 0. The number of hydrogen-bond acceptors (Lipinski definition) is 4. The van der Waals surface area contributed by atoms with Gasteiger partial charge in [-0.05, 0) is 27.2 Å². The summed E-state index contributed by atoms with van der Waals surface area (Å²) in [7, 11) is 0. The summed E-state index contributed by atoms with van der Waals surface area (Å²) in [4.78, 5) is 24.9. The minimum absolute atomic E-state index is 0. The molecule has 0 bridgehead atoms. The van der Waals surface area contributed by atoms with Crippen molar-refractivity contribution in [2.75, 3.05) is 13.1 Å².